The number of fused-ring (bicyclic) bond motifs is 1. The lowest BCUT2D eigenvalue weighted by Gasteiger charge is -2.12. The number of carbonyl (C=O) groups is 1. The molecular formula is C23H23N3O4S. The third-order valence-electron chi connectivity index (χ3n) is 5.18. The number of aryl methyl sites for hydroxylation is 4. The van der Waals surface area contributed by atoms with Gasteiger partial charge in [0.2, 0.25) is 0 Å². The zero-order chi connectivity index (χ0) is 22.1. The van der Waals surface area contributed by atoms with E-state index in [1.54, 1.807) is 13.1 Å². The molecule has 1 unspecified atom stereocenters. The SMILES string of the molecule is Cc1ccc(-c2cnc(CCC(=O)OC(C)c3nc4sc(C)c(C)c4c(=O)[nH]3)o2)cc1. The molecule has 0 spiro atoms. The Hall–Kier alpha value is -3.26. The summed E-state index contributed by atoms with van der Waals surface area (Å²) in [5, 5.41) is 0.595. The number of thiophene rings is 1. The highest BCUT2D eigenvalue weighted by molar-refractivity contribution is 7.18. The monoisotopic (exact) mass is 437 g/mol. The summed E-state index contributed by atoms with van der Waals surface area (Å²) in [6.45, 7) is 7.57. The van der Waals surface area contributed by atoms with Gasteiger partial charge in [-0.15, -0.1) is 11.3 Å². The molecule has 0 aliphatic heterocycles. The molecule has 0 radical (unpaired) electrons. The molecule has 31 heavy (non-hydrogen) atoms. The summed E-state index contributed by atoms with van der Waals surface area (Å²) in [6, 6.07) is 7.95. The average Bonchev–Trinajstić information content (AvgIpc) is 3.32. The van der Waals surface area contributed by atoms with Crippen molar-refractivity contribution in [2.75, 3.05) is 0 Å². The van der Waals surface area contributed by atoms with E-state index in [9.17, 15) is 9.59 Å². The summed E-state index contributed by atoms with van der Waals surface area (Å²) < 4.78 is 11.2. The Labute approximate surface area is 183 Å². The third kappa shape index (κ3) is 4.44. The summed E-state index contributed by atoms with van der Waals surface area (Å²) in [4.78, 5) is 37.9. The van der Waals surface area contributed by atoms with E-state index in [2.05, 4.69) is 15.0 Å². The van der Waals surface area contributed by atoms with E-state index in [1.807, 2.05) is 45.0 Å². The molecule has 0 aliphatic rings. The standard InChI is InChI=1S/C23H23N3O4S/c1-12-5-7-16(8-6-12)17-11-24-18(30-17)9-10-19(27)29-14(3)21-25-22(28)20-13(2)15(4)31-23(20)26-21/h5-8,11,14H,9-10H2,1-4H3,(H,25,26,28). The number of ether oxygens (including phenoxy) is 1. The van der Waals surface area contributed by atoms with Crippen molar-refractivity contribution in [2.24, 2.45) is 0 Å². The molecule has 160 valence electrons. The minimum atomic E-state index is -0.667. The van der Waals surface area contributed by atoms with Crippen LogP contribution in [0.2, 0.25) is 0 Å². The third-order valence-corrected chi connectivity index (χ3v) is 6.28. The summed E-state index contributed by atoms with van der Waals surface area (Å²) in [6.07, 6.45) is 1.43. The quantitative estimate of drug-likeness (QED) is 0.435. The van der Waals surface area contributed by atoms with Crippen LogP contribution in [0, 0.1) is 20.8 Å². The number of aromatic amines is 1. The van der Waals surface area contributed by atoms with E-state index < -0.39 is 12.1 Å². The average molecular weight is 438 g/mol. The molecule has 0 aliphatic carbocycles. The highest BCUT2D eigenvalue weighted by atomic mass is 32.1. The smallest absolute Gasteiger partial charge is 0.307 e. The predicted molar refractivity (Wildman–Crippen MR) is 119 cm³/mol. The molecule has 1 aromatic carbocycles. The van der Waals surface area contributed by atoms with Crippen LogP contribution in [-0.2, 0) is 16.0 Å². The van der Waals surface area contributed by atoms with Gasteiger partial charge in [-0.05, 0) is 33.3 Å². The van der Waals surface area contributed by atoms with Crippen LogP contribution in [0.15, 0.2) is 39.7 Å². The summed E-state index contributed by atoms with van der Waals surface area (Å²) in [5.41, 5.74) is 2.82. The van der Waals surface area contributed by atoms with E-state index in [1.165, 1.54) is 16.9 Å². The first-order chi connectivity index (χ1) is 14.8. The Morgan fingerprint density at radius 3 is 2.71 bits per heavy atom. The van der Waals surface area contributed by atoms with Crippen molar-refractivity contribution >= 4 is 27.5 Å². The number of oxazole rings is 1. The normalized spacial score (nSPS) is 12.3. The number of hydrogen-bond donors (Lipinski definition) is 1. The molecule has 3 aromatic heterocycles. The van der Waals surface area contributed by atoms with E-state index in [0.29, 0.717) is 34.1 Å². The molecule has 8 heteroatoms. The number of benzene rings is 1. The summed E-state index contributed by atoms with van der Waals surface area (Å²) in [5.74, 6) is 1.06. The molecule has 0 saturated heterocycles. The summed E-state index contributed by atoms with van der Waals surface area (Å²) in [7, 11) is 0. The van der Waals surface area contributed by atoms with Crippen molar-refractivity contribution in [2.45, 2.75) is 46.6 Å². The minimum Gasteiger partial charge on any atom is -0.454 e. The van der Waals surface area contributed by atoms with Crippen molar-refractivity contribution in [1.29, 1.82) is 0 Å². The van der Waals surface area contributed by atoms with Crippen molar-refractivity contribution in [3.05, 3.63) is 68.5 Å². The number of nitrogens with one attached hydrogen (secondary N) is 1. The molecule has 3 heterocycles. The lowest BCUT2D eigenvalue weighted by atomic mass is 10.1. The highest BCUT2D eigenvalue weighted by Gasteiger charge is 2.19. The molecule has 7 nitrogen and oxygen atoms in total. The first kappa shape index (κ1) is 21.0. The zero-order valence-corrected chi connectivity index (χ0v) is 18.6. The number of hydrogen-bond acceptors (Lipinski definition) is 7. The molecule has 4 rings (SSSR count). The number of esters is 1. The number of H-pyrrole nitrogens is 1. The fourth-order valence-electron chi connectivity index (χ4n) is 3.26. The van der Waals surface area contributed by atoms with Gasteiger partial charge in [-0.2, -0.15) is 0 Å². The largest absolute Gasteiger partial charge is 0.454 e. The maximum Gasteiger partial charge on any atom is 0.307 e. The van der Waals surface area contributed by atoms with Crippen LogP contribution in [0.1, 0.15) is 47.2 Å². The topological polar surface area (TPSA) is 98.1 Å². The highest BCUT2D eigenvalue weighted by Crippen LogP contribution is 2.27. The second-order valence-electron chi connectivity index (χ2n) is 7.53. The van der Waals surface area contributed by atoms with Gasteiger partial charge in [0, 0.05) is 16.9 Å². The Bertz CT molecular complexity index is 1300. The van der Waals surface area contributed by atoms with Crippen LogP contribution in [-0.4, -0.2) is 20.9 Å². The Morgan fingerprint density at radius 1 is 1.23 bits per heavy atom. The molecular weight excluding hydrogens is 414 g/mol. The van der Waals surface area contributed by atoms with Gasteiger partial charge < -0.3 is 14.1 Å². The molecule has 0 bridgehead atoms. The summed E-state index contributed by atoms with van der Waals surface area (Å²) >= 11 is 1.46. The molecule has 1 N–H and O–H groups in total. The van der Waals surface area contributed by atoms with Crippen LogP contribution >= 0.6 is 11.3 Å². The number of rotatable bonds is 6. The first-order valence-electron chi connectivity index (χ1n) is 10.0. The van der Waals surface area contributed by atoms with Crippen LogP contribution in [0.5, 0.6) is 0 Å². The van der Waals surface area contributed by atoms with Gasteiger partial charge >= 0.3 is 5.97 Å². The van der Waals surface area contributed by atoms with Gasteiger partial charge in [-0.1, -0.05) is 29.8 Å². The van der Waals surface area contributed by atoms with Gasteiger partial charge in [0.1, 0.15) is 4.83 Å². The maximum atomic E-state index is 12.4. The van der Waals surface area contributed by atoms with Crippen LogP contribution in [0.25, 0.3) is 21.5 Å². The molecule has 1 atom stereocenters. The first-order valence-corrected chi connectivity index (χ1v) is 10.8. The fourth-order valence-corrected chi connectivity index (χ4v) is 4.30. The predicted octanol–water partition coefficient (Wildman–Crippen LogP) is 4.80. The second kappa shape index (κ2) is 8.47. The van der Waals surface area contributed by atoms with Gasteiger partial charge in [0.15, 0.2) is 23.6 Å². The number of aromatic nitrogens is 3. The Kier molecular flexibility index (Phi) is 5.73. The van der Waals surface area contributed by atoms with Crippen LogP contribution < -0.4 is 5.56 Å². The number of carbonyl (C=O) groups excluding carboxylic acids is 1. The van der Waals surface area contributed by atoms with Gasteiger partial charge in [-0.25, -0.2) is 9.97 Å². The van der Waals surface area contributed by atoms with Crippen molar-refractivity contribution in [1.82, 2.24) is 15.0 Å². The molecule has 0 fully saturated rings. The lowest BCUT2D eigenvalue weighted by Crippen LogP contribution is -2.17. The van der Waals surface area contributed by atoms with E-state index in [0.717, 1.165) is 16.0 Å². The maximum absolute atomic E-state index is 12.4. The number of nitrogens with zero attached hydrogens (tertiary/aromatic N) is 2. The Morgan fingerprint density at radius 2 is 1.97 bits per heavy atom. The lowest BCUT2D eigenvalue weighted by molar-refractivity contribution is -0.149. The van der Waals surface area contributed by atoms with Gasteiger partial charge in [0.25, 0.3) is 5.56 Å². The molecule has 0 saturated carbocycles. The zero-order valence-electron chi connectivity index (χ0n) is 17.8. The van der Waals surface area contributed by atoms with Crippen molar-refractivity contribution < 1.29 is 13.9 Å². The van der Waals surface area contributed by atoms with Crippen LogP contribution in [0.4, 0.5) is 0 Å². The van der Waals surface area contributed by atoms with Crippen molar-refractivity contribution in [3.8, 4) is 11.3 Å². The van der Waals surface area contributed by atoms with Crippen molar-refractivity contribution in [3.63, 3.8) is 0 Å². The minimum absolute atomic E-state index is 0.113. The van der Waals surface area contributed by atoms with Crippen LogP contribution in [0.3, 0.4) is 0 Å². The Balaban J connectivity index is 1.38. The fraction of sp³-hybridized carbons (Fsp3) is 0.304. The molecule has 0 amide bonds. The van der Waals surface area contributed by atoms with Gasteiger partial charge in [0.05, 0.1) is 18.0 Å². The van der Waals surface area contributed by atoms with Gasteiger partial charge in [-0.3, -0.25) is 9.59 Å². The van der Waals surface area contributed by atoms with E-state index >= 15 is 0 Å². The molecule has 4 aromatic rings. The second-order valence-corrected chi connectivity index (χ2v) is 8.73. The van der Waals surface area contributed by atoms with E-state index in [4.69, 9.17) is 9.15 Å². The van der Waals surface area contributed by atoms with E-state index in [-0.39, 0.29) is 12.0 Å².